The summed E-state index contributed by atoms with van der Waals surface area (Å²) in [6.45, 7) is 6.90. The summed E-state index contributed by atoms with van der Waals surface area (Å²) in [4.78, 5) is 12.2. The largest absolute Gasteiger partial charge is 0.393 e. The highest BCUT2D eigenvalue weighted by atomic mass is 16.3. The lowest BCUT2D eigenvalue weighted by atomic mass is 9.32. The smallest absolute Gasteiger partial charge is 0.136 e. The van der Waals surface area contributed by atoms with Crippen molar-refractivity contribution in [3.63, 3.8) is 0 Å². The Morgan fingerprint density at radius 3 is 2.71 bits per heavy atom. The summed E-state index contributed by atoms with van der Waals surface area (Å²) in [6.07, 6.45) is 3.80. The number of hydrogen-bond acceptors (Lipinski definition) is 2. The van der Waals surface area contributed by atoms with Gasteiger partial charge in [0, 0.05) is 17.8 Å². The number of carbonyl (C=O) groups excluding carboxylic acids is 1. The Kier molecular flexibility index (Phi) is 1.55. The zero-order valence-electron chi connectivity index (χ0n) is 11.0. The Hall–Kier alpha value is -0.370. The summed E-state index contributed by atoms with van der Waals surface area (Å²) in [5.74, 6) is 1.76. The minimum atomic E-state index is -0.156. The third-order valence-electron chi connectivity index (χ3n) is 7.84. The Labute approximate surface area is 103 Å². The van der Waals surface area contributed by atoms with Crippen LogP contribution in [0.3, 0.4) is 0 Å². The number of aliphatic hydroxyl groups excluding tert-OH is 1. The van der Waals surface area contributed by atoms with Crippen molar-refractivity contribution < 1.29 is 9.90 Å². The highest BCUT2D eigenvalue weighted by molar-refractivity contribution is 5.85. The lowest BCUT2D eigenvalue weighted by molar-refractivity contribution is -0.253. The molecule has 1 N–H and O–H groups in total. The van der Waals surface area contributed by atoms with Crippen molar-refractivity contribution >= 4 is 5.78 Å². The van der Waals surface area contributed by atoms with Gasteiger partial charge in [-0.25, -0.2) is 0 Å². The summed E-state index contributed by atoms with van der Waals surface area (Å²) in [5, 5.41) is 10.6. The number of hydrogen-bond donors (Lipinski definition) is 1. The van der Waals surface area contributed by atoms with Gasteiger partial charge in [0.1, 0.15) is 5.78 Å². The summed E-state index contributed by atoms with van der Waals surface area (Å²) in [7, 11) is 0. The molecule has 0 aliphatic heterocycles. The van der Waals surface area contributed by atoms with Gasteiger partial charge in [-0.1, -0.05) is 20.8 Å². The monoisotopic (exact) mass is 234 g/mol. The molecule has 0 heterocycles. The van der Waals surface area contributed by atoms with Gasteiger partial charge in [0.05, 0.1) is 6.10 Å². The van der Waals surface area contributed by atoms with Crippen molar-refractivity contribution in [3.05, 3.63) is 0 Å². The van der Waals surface area contributed by atoms with E-state index in [9.17, 15) is 9.90 Å². The van der Waals surface area contributed by atoms with Crippen molar-refractivity contribution in [2.24, 2.45) is 34.0 Å². The van der Waals surface area contributed by atoms with E-state index in [0.717, 1.165) is 12.8 Å². The number of aliphatic hydroxyl groups is 1. The molecular weight excluding hydrogens is 212 g/mol. The van der Waals surface area contributed by atoms with Crippen LogP contribution < -0.4 is 0 Å². The molecule has 7 atom stereocenters. The standard InChI is InChI=1S/C15H22O2/c1-8-4-11(16)10-7-13(2)9-5-12(17)15(8,6-9)14(10,13)3/h8-10,12,17H,4-7H2,1-3H3/t8-,9+,10+,12-,13-,14-,15-/m0/s1. The molecule has 0 aromatic heterocycles. The first-order valence-electron chi connectivity index (χ1n) is 7.08. The highest BCUT2D eigenvalue weighted by Gasteiger charge is 2.83. The van der Waals surface area contributed by atoms with Crippen LogP contribution in [0.15, 0.2) is 0 Å². The van der Waals surface area contributed by atoms with E-state index in [1.165, 1.54) is 6.42 Å². The van der Waals surface area contributed by atoms with Crippen molar-refractivity contribution in [2.45, 2.75) is 52.6 Å². The molecule has 2 nitrogen and oxygen atoms in total. The third kappa shape index (κ3) is 0.717. The summed E-state index contributed by atoms with van der Waals surface area (Å²) >= 11 is 0. The predicted molar refractivity (Wildman–Crippen MR) is 64.3 cm³/mol. The molecule has 94 valence electrons. The predicted octanol–water partition coefficient (Wildman–Crippen LogP) is 2.40. The molecule has 4 aliphatic carbocycles. The first kappa shape index (κ1) is 10.5. The van der Waals surface area contributed by atoms with Crippen LogP contribution >= 0.6 is 0 Å². The normalized spacial score (nSPS) is 67.9. The fourth-order valence-corrected chi connectivity index (χ4v) is 6.81. The van der Waals surface area contributed by atoms with E-state index in [-0.39, 0.29) is 22.9 Å². The lowest BCUT2D eigenvalue weighted by Gasteiger charge is -2.71. The molecular formula is C15H22O2. The summed E-state index contributed by atoms with van der Waals surface area (Å²) in [5.41, 5.74) is 0.488. The zero-order valence-corrected chi connectivity index (χ0v) is 11.0. The maximum atomic E-state index is 12.2. The average molecular weight is 234 g/mol. The van der Waals surface area contributed by atoms with Gasteiger partial charge in [-0.05, 0) is 41.9 Å². The van der Waals surface area contributed by atoms with Crippen LogP contribution in [0, 0.1) is 34.0 Å². The molecule has 4 aliphatic rings. The second-order valence-corrected chi connectivity index (χ2v) is 7.64. The van der Waals surface area contributed by atoms with E-state index in [1.807, 2.05) is 0 Å². The van der Waals surface area contributed by atoms with Crippen LogP contribution in [0.1, 0.15) is 46.5 Å². The molecule has 0 radical (unpaired) electrons. The van der Waals surface area contributed by atoms with E-state index in [0.29, 0.717) is 29.5 Å². The molecule has 4 fully saturated rings. The molecule has 17 heavy (non-hydrogen) atoms. The Bertz CT molecular complexity index is 431. The molecule has 4 saturated carbocycles. The van der Waals surface area contributed by atoms with Crippen molar-refractivity contribution in [3.8, 4) is 0 Å². The molecule has 4 rings (SSSR count). The van der Waals surface area contributed by atoms with Gasteiger partial charge in [-0.15, -0.1) is 0 Å². The fourth-order valence-electron chi connectivity index (χ4n) is 6.81. The van der Waals surface area contributed by atoms with Gasteiger partial charge in [-0.2, -0.15) is 0 Å². The Morgan fingerprint density at radius 1 is 1.29 bits per heavy atom. The van der Waals surface area contributed by atoms with Crippen molar-refractivity contribution in [1.29, 1.82) is 0 Å². The highest BCUT2D eigenvalue weighted by Crippen LogP contribution is 2.86. The van der Waals surface area contributed by atoms with Gasteiger partial charge >= 0.3 is 0 Å². The van der Waals surface area contributed by atoms with Crippen LogP contribution in [0.25, 0.3) is 0 Å². The van der Waals surface area contributed by atoms with Crippen LogP contribution in [0.4, 0.5) is 0 Å². The molecule has 2 bridgehead atoms. The first-order valence-corrected chi connectivity index (χ1v) is 7.08. The van der Waals surface area contributed by atoms with Gasteiger partial charge in [0.25, 0.3) is 0 Å². The van der Waals surface area contributed by atoms with E-state index in [2.05, 4.69) is 20.8 Å². The number of Topliss-reactive ketones (excluding diaryl/α,β-unsaturated/α-hetero) is 1. The second-order valence-electron chi connectivity index (χ2n) is 7.64. The van der Waals surface area contributed by atoms with Crippen molar-refractivity contribution in [1.82, 2.24) is 0 Å². The van der Waals surface area contributed by atoms with Crippen molar-refractivity contribution in [2.75, 3.05) is 0 Å². The van der Waals surface area contributed by atoms with Crippen LogP contribution in [-0.2, 0) is 4.79 Å². The lowest BCUT2D eigenvalue weighted by Crippen LogP contribution is -2.71. The number of rotatable bonds is 0. The molecule has 0 aromatic rings. The fraction of sp³-hybridized carbons (Fsp3) is 0.933. The summed E-state index contributed by atoms with van der Waals surface area (Å²) < 4.78 is 0. The Balaban J connectivity index is 1.95. The van der Waals surface area contributed by atoms with E-state index in [1.54, 1.807) is 0 Å². The van der Waals surface area contributed by atoms with E-state index >= 15 is 0 Å². The summed E-state index contributed by atoms with van der Waals surface area (Å²) in [6, 6.07) is 0. The molecule has 0 unspecified atom stereocenters. The third-order valence-corrected chi connectivity index (χ3v) is 7.84. The second kappa shape index (κ2) is 2.49. The van der Waals surface area contributed by atoms with Gasteiger partial charge in [0.15, 0.2) is 0 Å². The minimum absolute atomic E-state index is 0.0588. The zero-order chi connectivity index (χ0) is 12.2. The maximum Gasteiger partial charge on any atom is 0.136 e. The van der Waals surface area contributed by atoms with E-state index in [4.69, 9.17) is 0 Å². The van der Waals surface area contributed by atoms with Crippen LogP contribution in [-0.4, -0.2) is 17.0 Å². The molecule has 0 aromatic carbocycles. The minimum Gasteiger partial charge on any atom is -0.393 e. The van der Waals surface area contributed by atoms with Crippen LogP contribution in [0.5, 0.6) is 0 Å². The molecule has 2 heteroatoms. The topological polar surface area (TPSA) is 37.3 Å². The molecule has 0 amide bonds. The first-order chi connectivity index (χ1) is 7.88. The quantitative estimate of drug-likeness (QED) is 0.699. The maximum absolute atomic E-state index is 12.2. The molecule has 0 saturated heterocycles. The number of ketones is 1. The van der Waals surface area contributed by atoms with Gasteiger partial charge in [-0.3, -0.25) is 4.79 Å². The van der Waals surface area contributed by atoms with Gasteiger partial charge in [0.2, 0.25) is 0 Å². The van der Waals surface area contributed by atoms with Gasteiger partial charge < -0.3 is 5.11 Å². The molecule has 1 spiro atoms. The Morgan fingerprint density at radius 2 is 2.00 bits per heavy atom. The van der Waals surface area contributed by atoms with E-state index < -0.39 is 0 Å². The SMILES string of the molecule is C[C@H]1CC(=O)[C@H]2C[C@@]3(C)[C@@H]4C[C@H](O)[C@@]1(C4)[C@@]23C. The van der Waals surface area contributed by atoms with Crippen LogP contribution in [0.2, 0.25) is 0 Å². The average Bonchev–Trinajstić information content (AvgIpc) is 2.67. The number of carbonyl (C=O) groups is 1. The number of fused-ring (bicyclic) bond motifs is 2.